The molecule has 7 nitrogen and oxygen atoms in total. The lowest BCUT2D eigenvalue weighted by molar-refractivity contribution is -0.132. The van der Waals surface area contributed by atoms with Crippen LogP contribution < -0.4 is 9.47 Å². The summed E-state index contributed by atoms with van der Waals surface area (Å²) in [7, 11) is 3.19. The van der Waals surface area contributed by atoms with Crippen molar-refractivity contribution in [3.63, 3.8) is 0 Å². The maximum Gasteiger partial charge on any atom is 0.410 e. The van der Waals surface area contributed by atoms with E-state index in [0.29, 0.717) is 50.5 Å². The largest absolute Gasteiger partial charge is 0.493 e. The number of ether oxygens (including phenoxy) is 3. The Morgan fingerprint density at radius 1 is 0.963 bits per heavy atom. The number of rotatable bonds is 5. The maximum atomic E-state index is 12.5. The van der Waals surface area contributed by atoms with Crippen LogP contribution in [0.3, 0.4) is 0 Å². The van der Waals surface area contributed by atoms with Gasteiger partial charge in [-0.3, -0.25) is 4.79 Å². The van der Waals surface area contributed by atoms with Crippen molar-refractivity contribution >= 4 is 12.0 Å². The van der Waals surface area contributed by atoms with E-state index in [4.69, 9.17) is 14.2 Å². The van der Waals surface area contributed by atoms with Gasteiger partial charge in [0.05, 0.1) is 14.2 Å². The number of nitrogens with zero attached hydrogens (tertiary/aromatic N) is 2. The molecule has 0 saturated carbocycles. The predicted octanol–water partition coefficient (Wildman–Crippen LogP) is 2.72. The van der Waals surface area contributed by atoms with Gasteiger partial charge >= 0.3 is 6.09 Å². The Balaban J connectivity index is 1.82. The fraction of sp³-hybridized carbons (Fsp3) is 0.600. The number of benzene rings is 1. The molecule has 0 spiro atoms. The van der Waals surface area contributed by atoms with Crippen LogP contribution in [0.5, 0.6) is 11.5 Å². The first-order chi connectivity index (χ1) is 12.7. The van der Waals surface area contributed by atoms with E-state index in [9.17, 15) is 9.59 Å². The van der Waals surface area contributed by atoms with Crippen LogP contribution in [-0.4, -0.2) is 67.8 Å². The molecule has 7 heteroatoms. The second kappa shape index (κ2) is 8.97. The molecule has 1 fully saturated rings. The molecule has 0 N–H and O–H groups in total. The fourth-order valence-corrected chi connectivity index (χ4v) is 2.91. The monoisotopic (exact) mass is 378 g/mol. The second-order valence-electron chi connectivity index (χ2n) is 7.54. The van der Waals surface area contributed by atoms with Crippen molar-refractivity contribution in [1.29, 1.82) is 0 Å². The van der Waals surface area contributed by atoms with E-state index in [-0.39, 0.29) is 12.0 Å². The normalized spacial score (nSPS) is 14.7. The second-order valence-corrected chi connectivity index (χ2v) is 7.54. The molecular weight excluding hydrogens is 348 g/mol. The third-order valence-electron chi connectivity index (χ3n) is 4.36. The van der Waals surface area contributed by atoms with Crippen LogP contribution in [0.15, 0.2) is 18.2 Å². The van der Waals surface area contributed by atoms with Crippen molar-refractivity contribution in [3.05, 3.63) is 23.8 Å². The van der Waals surface area contributed by atoms with Crippen LogP contribution in [0.2, 0.25) is 0 Å². The zero-order chi connectivity index (χ0) is 20.0. The molecule has 0 atom stereocenters. The van der Waals surface area contributed by atoms with Crippen molar-refractivity contribution in [2.75, 3.05) is 40.4 Å². The molecule has 0 unspecified atom stereocenters. The van der Waals surface area contributed by atoms with Crippen LogP contribution in [0.4, 0.5) is 4.79 Å². The van der Waals surface area contributed by atoms with Gasteiger partial charge in [-0.2, -0.15) is 0 Å². The zero-order valence-corrected chi connectivity index (χ0v) is 16.9. The minimum Gasteiger partial charge on any atom is -0.493 e. The van der Waals surface area contributed by atoms with Gasteiger partial charge in [0.2, 0.25) is 5.91 Å². The number of carbonyl (C=O) groups is 2. The average Bonchev–Trinajstić information content (AvgIpc) is 2.64. The summed E-state index contributed by atoms with van der Waals surface area (Å²) in [6.45, 7) is 7.60. The molecular formula is C20H30N2O5. The summed E-state index contributed by atoms with van der Waals surface area (Å²) in [5.41, 5.74) is 0.511. The molecule has 27 heavy (non-hydrogen) atoms. The van der Waals surface area contributed by atoms with Gasteiger partial charge in [-0.05, 0) is 44.9 Å². The van der Waals surface area contributed by atoms with Crippen LogP contribution >= 0.6 is 0 Å². The Labute approximate surface area is 161 Å². The number of hydrogen-bond acceptors (Lipinski definition) is 5. The number of piperazine rings is 1. The Morgan fingerprint density at radius 2 is 1.56 bits per heavy atom. The smallest absolute Gasteiger partial charge is 0.410 e. The van der Waals surface area contributed by atoms with Crippen LogP contribution in [0, 0.1) is 0 Å². The van der Waals surface area contributed by atoms with Crippen molar-refractivity contribution in [3.8, 4) is 11.5 Å². The molecule has 1 aromatic carbocycles. The molecule has 2 rings (SSSR count). The van der Waals surface area contributed by atoms with E-state index in [2.05, 4.69) is 0 Å². The highest BCUT2D eigenvalue weighted by atomic mass is 16.6. The summed E-state index contributed by atoms with van der Waals surface area (Å²) < 4.78 is 15.9. The van der Waals surface area contributed by atoms with Gasteiger partial charge in [-0.15, -0.1) is 0 Å². The molecule has 1 aliphatic rings. The first-order valence-corrected chi connectivity index (χ1v) is 9.20. The third kappa shape index (κ3) is 6.05. The van der Waals surface area contributed by atoms with E-state index < -0.39 is 5.60 Å². The lowest BCUT2D eigenvalue weighted by Gasteiger charge is -2.35. The Kier molecular flexibility index (Phi) is 6.93. The first kappa shape index (κ1) is 20.9. The number of methoxy groups -OCH3 is 2. The highest BCUT2D eigenvalue weighted by molar-refractivity contribution is 5.77. The van der Waals surface area contributed by atoms with Crippen LogP contribution in [0.1, 0.15) is 32.8 Å². The highest BCUT2D eigenvalue weighted by Crippen LogP contribution is 2.28. The maximum absolute atomic E-state index is 12.5. The average molecular weight is 378 g/mol. The van der Waals surface area contributed by atoms with Crippen LogP contribution in [0.25, 0.3) is 0 Å². The third-order valence-corrected chi connectivity index (χ3v) is 4.36. The summed E-state index contributed by atoms with van der Waals surface area (Å²) in [5, 5.41) is 0. The lowest BCUT2D eigenvalue weighted by Crippen LogP contribution is -2.51. The van der Waals surface area contributed by atoms with Crippen molar-refractivity contribution in [2.45, 2.75) is 39.2 Å². The van der Waals surface area contributed by atoms with Gasteiger partial charge in [-0.25, -0.2) is 4.79 Å². The Bertz CT molecular complexity index is 661. The number of carbonyl (C=O) groups excluding carboxylic acids is 2. The Morgan fingerprint density at radius 3 is 2.11 bits per heavy atom. The van der Waals surface area contributed by atoms with Gasteiger partial charge in [-0.1, -0.05) is 6.07 Å². The summed E-state index contributed by atoms with van der Waals surface area (Å²) in [4.78, 5) is 28.0. The minimum atomic E-state index is -0.510. The summed E-state index contributed by atoms with van der Waals surface area (Å²) in [6.07, 6.45) is 0.729. The van der Waals surface area contributed by atoms with E-state index in [1.54, 1.807) is 19.1 Å². The van der Waals surface area contributed by atoms with Gasteiger partial charge < -0.3 is 24.0 Å². The molecule has 0 radical (unpaired) electrons. The Hall–Kier alpha value is -2.44. The van der Waals surface area contributed by atoms with Gasteiger partial charge in [0, 0.05) is 32.6 Å². The van der Waals surface area contributed by atoms with Crippen molar-refractivity contribution < 1.29 is 23.8 Å². The first-order valence-electron chi connectivity index (χ1n) is 9.20. The summed E-state index contributed by atoms with van der Waals surface area (Å²) >= 11 is 0. The molecule has 0 aliphatic carbocycles. The van der Waals surface area contributed by atoms with E-state index in [1.165, 1.54) is 0 Å². The summed E-state index contributed by atoms with van der Waals surface area (Å²) in [5.74, 6) is 1.42. The zero-order valence-electron chi connectivity index (χ0n) is 16.9. The molecule has 0 bridgehead atoms. The molecule has 1 heterocycles. The van der Waals surface area contributed by atoms with E-state index in [0.717, 1.165) is 5.56 Å². The van der Waals surface area contributed by atoms with Crippen molar-refractivity contribution in [1.82, 2.24) is 9.80 Å². The highest BCUT2D eigenvalue weighted by Gasteiger charge is 2.27. The fourth-order valence-electron chi connectivity index (χ4n) is 2.91. The van der Waals surface area contributed by atoms with Gasteiger partial charge in [0.15, 0.2) is 11.5 Å². The molecule has 1 saturated heterocycles. The topological polar surface area (TPSA) is 68.3 Å². The lowest BCUT2D eigenvalue weighted by atomic mass is 10.1. The number of hydrogen-bond donors (Lipinski definition) is 0. The summed E-state index contributed by atoms with van der Waals surface area (Å²) in [6, 6.07) is 5.68. The standard InChI is InChI=1S/C20H30N2O5/c1-20(2,3)27-19(24)22-12-10-21(11-13-22)18(23)9-7-15-6-8-16(25-4)17(14-15)26-5/h6,8,14H,7,9-13H2,1-5H3. The number of aryl methyl sites for hydroxylation is 1. The van der Waals surface area contributed by atoms with Gasteiger partial charge in [0.25, 0.3) is 0 Å². The van der Waals surface area contributed by atoms with E-state index in [1.807, 2.05) is 43.9 Å². The van der Waals surface area contributed by atoms with E-state index >= 15 is 0 Å². The van der Waals surface area contributed by atoms with Gasteiger partial charge in [0.1, 0.15) is 5.60 Å². The van der Waals surface area contributed by atoms with Crippen molar-refractivity contribution in [2.24, 2.45) is 0 Å². The number of amides is 2. The SMILES string of the molecule is COc1ccc(CCC(=O)N2CCN(C(=O)OC(C)(C)C)CC2)cc1OC. The molecule has 0 aromatic heterocycles. The molecule has 150 valence electrons. The predicted molar refractivity (Wildman–Crippen MR) is 102 cm³/mol. The van der Waals surface area contributed by atoms with Crippen LogP contribution in [-0.2, 0) is 16.0 Å². The molecule has 2 amide bonds. The minimum absolute atomic E-state index is 0.0913. The molecule has 1 aromatic rings. The quantitative estimate of drug-likeness (QED) is 0.788. The molecule has 1 aliphatic heterocycles.